The maximum Gasteiger partial charge on any atom is 0.404 e. The van der Waals surface area contributed by atoms with Crippen LogP contribution in [0.3, 0.4) is 0 Å². The summed E-state index contributed by atoms with van der Waals surface area (Å²) in [5.74, 6) is 0. The lowest BCUT2D eigenvalue weighted by atomic mass is 10.0. The van der Waals surface area contributed by atoms with Crippen LogP contribution in [-0.4, -0.2) is 30.3 Å². The molecule has 1 aliphatic heterocycles. The fraction of sp³-hybridized carbons (Fsp3) is 0.417. The molecular weight excluding hydrogens is 204 g/mol. The average molecular weight is 220 g/mol. The molecule has 4 heteroatoms. The van der Waals surface area contributed by atoms with Gasteiger partial charge in [-0.05, 0) is 25.0 Å². The summed E-state index contributed by atoms with van der Waals surface area (Å²) in [6.45, 7) is 1.82. The third kappa shape index (κ3) is 2.66. The van der Waals surface area contributed by atoms with Gasteiger partial charge in [-0.25, -0.2) is 4.79 Å². The Bertz CT molecular complexity index is 345. The molecule has 0 bridgehead atoms. The van der Waals surface area contributed by atoms with Gasteiger partial charge in [-0.15, -0.1) is 0 Å². The molecule has 2 rings (SSSR count). The maximum absolute atomic E-state index is 10.5. The number of anilines is 1. The quantitative estimate of drug-likeness (QED) is 0.800. The maximum atomic E-state index is 10.5. The third-order valence-corrected chi connectivity index (χ3v) is 2.94. The standard InChI is InChI=1S/C12H16N2O2/c15-12(16)13-10-6-8-14(9-7-10)11-4-2-1-3-5-11/h1-5,10,13H,6-9H2,(H,15,16). The Kier molecular flexibility index (Phi) is 3.29. The first-order valence-corrected chi connectivity index (χ1v) is 5.55. The van der Waals surface area contributed by atoms with Crippen LogP contribution in [0.2, 0.25) is 0 Å². The third-order valence-electron chi connectivity index (χ3n) is 2.94. The number of amides is 1. The van der Waals surface area contributed by atoms with Crippen LogP contribution in [0.5, 0.6) is 0 Å². The van der Waals surface area contributed by atoms with Crippen LogP contribution in [-0.2, 0) is 0 Å². The van der Waals surface area contributed by atoms with E-state index < -0.39 is 6.09 Å². The summed E-state index contributed by atoms with van der Waals surface area (Å²) in [7, 11) is 0. The molecule has 2 N–H and O–H groups in total. The second kappa shape index (κ2) is 4.88. The van der Waals surface area contributed by atoms with Crippen molar-refractivity contribution in [1.29, 1.82) is 0 Å². The van der Waals surface area contributed by atoms with Crippen molar-refractivity contribution >= 4 is 11.8 Å². The lowest BCUT2D eigenvalue weighted by Crippen LogP contribution is -2.44. The normalized spacial score (nSPS) is 17.1. The van der Waals surface area contributed by atoms with Gasteiger partial charge in [-0.3, -0.25) is 0 Å². The highest BCUT2D eigenvalue weighted by Gasteiger charge is 2.20. The molecule has 0 unspecified atom stereocenters. The van der Waals surface area contributed by atoms with Gasteiger partial charge in [0.05, 0.1) is 0 Å². The van der Waals surface area contributed by atoms with Gasteiger partial charge in [-0.2, -0.15) is 0 Å². The number of piperidine rings is 1. The van der Waals surface area contributed by atoms with Crippen LogP contribution < -0.4 is 10.2 Å². The van der Waals surface area contributed by atoms with E-state index in [1.807, 2.05) is 18.2 Å². The summed E-state index contributed by atoms with van der Waals surface area (Å²) >= 11 is 0. The zero-order chi connectivity index (χ0) is 11.4. The van der Waals surface area contributed by atoms with E-state index in [2.05, 4.69) is 22.3 Å². The van der Waals surface area contributed by atoms with E-state index in [9.17, 15) is 4.79 Å². The van der Waals surface area contributed by atoms with Crippen molar-refractivity contribution in [2.24, 2.45) is 0 Å². The molecule has 0 saturated carbocycles. The minimum absolute atomic E-state index is 0.109. The largest absolute Gasteiger partial charge is 0.465 e. The lowest BCUT2D eigenvalue weighted by Gasteiger charge is -2.33. The van der Waals surface area contributed by atoms with Crippen molar-refractivity contribution in [2.75, 3.05) is 18.0 Å². The highest BCUT2D eigenvalue weighted by atomic mass is 16.4. The first-order valence-electron chi connectivity index (χ1n) is 5.55. The number of hydrogen-bond acceptors (Lipinski definition) is 2. The first-order chi connectivity index (χ1) is 7.75. The molecule has 1 heterocycles. The van der Waals surface area contributed by atoms with Gasteiger partial charge in [0.25, 0.3) is 0 Å². The smallest absolute Gasteiger partial charge is 0.404 e. The van der Waals surface area contributed by atoms with Crippen LogP contribution in [0, 0.1) is 0 Å². The van der Waals surface area contributed by atoms with Crippen molar-refractivity contribution in [1.82, 2.24) is 5.32 Å². The molecule has 0 radical (unpaired) electrons. The Labute approximate surface area is 94.9 Å². The fourth-order valence-electron chi connectivity index (χ4n) is 2.10. The Morgan fingerprint density at radius 2 is 1.88 bits per heavy atom. The Hall–Kier alpha value is -1.71. The minimum Gasteiger partial charge on any atom is -0.465 e. The zero-order valence-corrected chi connectivity index (χ0v) is 9.10. The van der Waals surface area contributed by atoms with E-state index in [-0.39, 0.29) is 6.04 Å². The molecule has 16 heavy (non-hydrogen) atoms. The number of nitrogens with one attached hydrogen (secondary N) is 1. The van der Waals surface area contributed by atoms with Gasteiger partial charge >= 0.3 is 6.09 Å². The predicted molar refractivity (Wildman–Crippen MR) is 62.8 cm³/mol. The summed E-state index contributed by atoms with van der Waals surface area (Å²) < 4.78 is 0. The molecule has 4 nitrogen and oxygen atoms in total. The van der Waals surface area contributed by atoms with Gasteiger partial charge in [-0.1, -0.05) is 18.2 Å². The van der Waals surface area contributed by atoms with E-state index in [0.717, 1.165) is 25.9 Å². The van der Waals surface area contributed by atoms with Gasteiger partial charge in [0.2, 0.25) is 0 Å². The summed E-state index contributed by atoms with van der Waals surface area (Å²) in [4.78, 5) is 12.8. The summed E-state index contributed by atoms with van der Waals surface area (Å²) in [6.07, 6.45) is 0.834. The van der Waals surface area contributed by atoms with E-state index >= 15 is 0 Å². The molecule has 0 aromatic heterocycles. The van der Waals surface area contributed by atoms with Crippen molar-refractivity contribution in [3.8, 4) is 0 Å². The predicted octanol–water partition coefficient (Wildman–Crippen LogP) is 1.92. The number of rotatable bonds is 2. The number of para-hydroxylation sites is 1. The zero-order valence-electron chi connectivity index (χ0n) is 9.10. The second-order valence-corrected chi connectivity index (χ2v) is 4.05. The number of benzene rings is 1. The number of carbonyl (C=O) groups is 1. The lowest BCUT2D eigenvalue weighted by molar-refractivity contribution is 0.187. The van der Waals surface area contributed by atoms with Crippen LogP contribution >= 0.6 is 0 Å². The van der Waals surface area contributed by atoms with Gasteiger partial charge < -0.3 is 15.3 Å². The second-order valence-electron chi connectivity index (χ2n) is 4.05. The van der Waals surface area contributed by atoms with E-state index in [4.69, 9.17) is 5.11 Å². The SMILES string of the molecule is O=C(O)NC1CCN(c2ccccc2)CC1. The molecule has 86 valence electrons. The monoisotopic (exact) mass is 220 g/mol. The van der Waals surface area contributed by atoms with Crippen molar-refractivity contribution in [3.63, 3.8) is 0 Å². The molecule has 1 amide bonds. The average Bonchev–Trinajstić information content (AvgIpc) is 2.30. The van der Waals surface area contributed by atoms with E-state index in [1.54, 1.807) is 0 Å². The van der Waals surface area contributed by atoms with Gasteiger partial charge in [0.1, 0.15) is 0 Å². The molecule has 1 saturated heterocycles. The summed E-state index contributed by atoms with van der Waals surface area (Å²) in [5, 5.41) is 11.2. The van der Waals surface area contributed by atoms with Crippen molar-refractivity contribution in [2.45, 2.75) is 18.9 Å². The van der Waals surface area contributed by atoms with Crippen LogP contribution in [0.25, 0.3) is 0 Å². The highest BCUT2D eigenvalue weighted by molar-refractivity contribution is 5.64. The highest BCUT2D eigenvalue weighted by Crippen LogP contribution is 2.19. The van der Waals surface area contributed by atoms with Gasteiger partial charge in [0.15, 0.2) is 0 Å². The van der Waals surface area contributed by atoms with E-state index in [0.29, 0.717) is 0 Å². The Morgan fingerprint density at radius 1 is 1.25 bits per heavy atom. The van der Waals surface area contributed by atoms with Crippen molar-refractivity contribution < 1.29 is 9.90 Å². The van der Waals surface area contributed by atoms with Crippen LogP contribution in [0.1, 0.15) is 12.8 Å². The molecule has 1 aromatic carbocycles. The summed E-state index contributed by atoms with van der Waals surface area (Å²) in [6, 6.07) is 10.3. The van der Waals surface area contributed by atoms with E-state index in [1.165, 1.54) is 5.69 Å². The molecule has 1 aliphatic rings. The molecule has 0 aliphatic carbocycles. The number of hydrogen-bond donors (Lipinski definition) is 2. The van der Waals surface area contributed by atoms with Gasteiger partial charge in [0, 0.05) is 24.8 Å². The summed E-state index contributed by atoms with van der Waals surface area (Å²) in [5.41, 5.74) is 1.22. The number of carboxylic acid groups (broad SMARTS) is 1. The molecule has 1 aromatic rings. The van der Waals surface area contributed by atoms with Crippen LogP contribution in [0.15, 0.2) is 30.3 Å². The Morgan fingerprint density at radius 3 is 2.44 bits per heavy atom. The first kappa shape index (κ1) is 10.8. The number of nitrogens with zero attached hydrogens (tertiary/aromatic N) is 1. The minimum atomic E-state index is -0.918. The molecule has 0 atom stereocenters. The van der Waals surface area contributed by atoms with Crippen LogP contribution in [0.4, 0.5) is 10.5 Å². The molecule has 0 spiro atoms. The van der Waals surface area contributed by atoms with Crippen molar-refractivity contribution in [3.05, 3.63) is 30.3 Å². The molecular formula is C12H16N2O2. The Balaban J connectivity index is 1.88. The topological polar surface area (TPSA) is 52.6 Å². The molecule has 1 fully saturated rings. The fourth-order valence-corrected chi connectivity index (χ4v) is 2.10.